The molecule has 0 unspecified atom stereocenters. The molecule has 0 saturated heterocycles. The van der Waals surface area contributed by atoms with Crippen LogP contribution >= 0.6 is 0 Å². The van der Waals surface area contributed by atoms with Gasteiger partial charge in [0.1, 0.15) is 18.1 Å². The Bertz CT molecular complexity index is 1170. The Hall–Kier alpha value is -3.33. The van der Waals surface area contributed by atoms with Crippen molar-refractivity contribution in [3.63, 3.8) is 0 Å². The van der Waals surface area contributed by atoms with Crippen molar-refractivity contribution in [1.82, 2.24) is 0 Å². The Morgan fingerprint density at radius 1 is 0.935 bits per heavy atom. The van der Waals surface area contributed by atoms with Gasteiger partial charge in [0.2, 0.25) is 5.78 Å². The highest BCUT2D eigenvalue weighted by Gasteiger charge is 2.30. The lowest BCUT2D eigenvalue weighted by molar-refractivity contribution is 0.101. The summed E-state index contributed by atoms with van der Waals surface area (Å²) in [5.41, 5.74) is 7.25. The molecule has 1 aliphatic heterocycles. The molecule has 0 atom stereocenters. The molecule has 3 aromatic carbocycles. The van der Waals surface area contributed by atoms with Crippen LogP contribution in [0.25, 0.3) is 6.08 Å². The average molecular weight is 413 g/mol. The Balaban J connectivity index is 1.55. The molecular weight excluding hydrogens is 384 g/mol. The van der Waals surface area contributed by atoms with Gasteiger partial charge in [0, 0.05) is 6.07 Å². The van der Waals surface area contributed by atoms with E-state index in [1.54, 1.807) is 0 Å². The van der Waals surface area contributed by atoms with Crippen LogP contribution < -0.4 is 9.47 Å². The van der Waals surface area contributed by atoms with E-state index in [-0.39, 0.29) is 5.78 Å². The van der Waals surface area contributed by atoms with Crippen LogP contribution in [0, 0.1) is 20.8 Å². The van der Waals surface area contributed by atoms with E-state index in [0.717, 1.165) is 16.7 Å². The molecule has 0 spiro atoms. The Morgan fingerprint density at radius 3 is 2.39 bits per heavy atom. The van der Waals surface area contributed by atoms with Crippen LogP contribution in [-0.2, 0) is 6.61 Å². The first-order valence-electron chi connectivity index (χ1n) is 10.7. The van der Waals surface area contributed by atoms with Crippen LogP contribution in [0.1, 0.15) is 63.5 Å². The standard InChI is InChI=1S/C28H28O3/c1-17(2)22-10-8-21(9-11-22)14-26-28(29)27-20(5)13-24(15-25(27)31-26)30-16-23-12-18(3)6-7-19(23)4/h6-15,17H,16H2,1-5H3/b26-14-. The predicted octanol–water partition coefficient (Wildman–Crippen LogP) is 6.93. The zero-order valence-electron chi connectivity index (χ0n) is 18.8. The van der Waals surface area contributed by atoms with E-state index in [0.29, 0.717) is 35.3 Å². The highest BCUT2D eigenvalue weighted by Crippen LogP contribution is 2.38. The Kier molecular flexibility index (Phi) is 5.69. The summed E-state index contributed by atoms with van der Waals surface area (Å²) in [6, 6.07) is 18.3. The number of hydrogen-bond donors (Lipinski definition) is 0. The van der Waals surface area contributed by atoms with E-state index in [4.69, 9.17) is 9.47 Å². The zero-order chi connectivity index (χ0) is 22.1. The van der Waals surface area contributed by atoms with Crippen LogP contribution in [0.3, 0.4) is 0 Å². The number of aryl methyl sites for hydroxylation is 3. The zero-order valence-corrected chi connectivity index (χ0v) is 18.8. The molecule has 1 aliphatic rings. The highest BCUT2D eigenvalue weighted by atomic mass is 16.5. The van der Waals surface area contributed by atoms with Gasteiger partial charge in [0.15, 0.2) is 5.76 Å². The van der Waals surface area contributed by atoms with Gasteiger partial charge < -0.3 is 9.47 Å². The van der Waals surface area contributed by atoms with E-state index in [9.17, 15) is 4.79 Å². The first-order chi connectivity index (χ1) is 14.8. The molecule has 31 heavy (non-hydrogen) atoms. The molecule has 3 heteroatoms. The van der Waals surface area contributed by atoms with Gasteiger partial charge >= 0.3 is 0 Å². The van der Waals surface area contributed by atoms with Gasteiger partial charge in [-0.2, -0.15) is 0 Å². The fourth-order valence-electron chi connectivity index (χ4n) is 3.81. The minimum atomic E-state index is -0.0819. The molecular formula is C28H28O3. The largest absolute Gasteiger partial charge is 0.489 e. The second-order valence-electron chi connectivity index (χ2n) is 8.59. The second-order valence-corrected chi connectivity index (χ2v) is 8.59. The van der Waals surface area contributed by atoms with E-state index < -0.39 is 0 Å². The molecule has 0 saturated carbocycles. The topological polar surface area (TPSA) is 35.5 Å². The van der Waals surface area contributed by atoms with E-state index in [1.165, 1.54) is 16.7 Å². The molecule has 0 bridgehead atoms. The van der Waals surface area contributed by atoms with Crippen molar-refractivity contribution in [3.8, 4) is 11.5 Å². The van der Waals surface area contributed by atoms with E-state index >= 15 is 0 Å². The van der Waals surface area contributed by atoms with Gasteiger partial charge in [0.25, 0.3) is 0 Å². The third kappa shape index (κ3) is 4.41. The summed E-state index contributed by atoms with van der Waals surface area (Å²) < 4.78 is 12.0. The number of ether oxygens (including phenoxy) is 2. The Labute approximate surface area is 184 Å². The molecule has 0 fully saturated rings. The van der Waals surface area contributed by atoms with Crippen molar-refractivity contribution in [3.05, 3.63) is 99.3 Å². The number of fused-ring (bicyclic) bond motifs is 1. The van der Waals surface area contributed by atoms with E-state index in [2.05, 4.69) is 58.0 Å². The van der Waals surface area contributed by atoms with Gasteiger partial charge in [0.05, 0.1) is 5.56 Å². The summed E-state index contributed by atoms with van der Waals surface area (Å²) in [6.45, 7) is 10.9. The van der Waals surface area contributed by atoms with Gasteiger partial charge in [-0.25, -0.2) is 0 Å². The van der Waals surface area contributed by atoms with Crippen LogP contribution in [0.2, 0.25) is 0 Å². The third-order valence-electron chi connectivity index (χ3n) is 5.74. The first kappa shape index (κ1) is 20.9. The normalized spacial score (nSPS) is 14.1. The molecule has 0 amide bonds. The lowest BCUT2D eigenvalue weighted by atomic mass is 10.0. The Morgan fingerprint density at radius 2 is 1.68 bits per heavy atom. The maximum Gasteiger partial charge on any atom is 0.232 e. The summed E-state index contributed by atoms with van der Waals surface area (Å²) >= 11 is 0. The smallest absolute Gasteiger partial charge is 0.232 e. The SMILES string of the molecule is Cc1ccc(C)c(COc2cc(C)c3c(c2)O/C(=C\c2ccc(C(C)C)cc2)C3=O)c1. The van der Waals surface area contributed by atoms with Gasteiger partial charge in [-0.05, 0) is 66.6 Å². The van der Waals surface area contributed by atoms with Crippen molar-refractivity contribution in [2.45, 2.75) is 47.1 Å². The maximum atomic E-state index is 12.9. The van der Waals surface area contributed by atoms with E-state index in [1.807, 2.05) is 37.3 Å². The summed E-state index contributed by atoms with van der Waals surface area (Å²) in [4.78, 5) is 12.9. The van der Waals surface area contributed by atoms with Crippen molar-refractivity contribution in [2.75, 3.05) is 0 Å². The number of hydrogen-bond acceptors (Lipinski definition) is 3. The minimum Gasteiger partial charge on any atom is -0.489 e. The number of benzene rings is 3. The number of Topliss-reactive ketones (excluding diaryl/α,β-unsaturated/α-hetero) is 1. The van der Waals surface area contributed by atoms with Gasteiger partial charge in [-0.1, -0.05) is 61.9 Å². The molecule has 3 aromatic rings. The average Bonchev–Trinajstić information content (AvgIpc) is 3.04. The molecule has 0 N–H and O–H groups in total. The fraction of sp³-hybridized carbons (Fsp3) is 0.250. The van der Waals surface area contributed by atoms with Crippen LogP contribution in [0.15, 0.2) is 60.4 Å². The molecule has 0 aromatic heterocycles. The van der Waals surface area contributed by atoms with Crippen LogP contribution in [-0.4, -0.2) is 5.78 Å². The monoisotopic (exact) mass is 412 g/mol. The lowest BCUT2D eigenvalue weighted by Crippen LogP contribution is -2.01. The number of rotatable bonds is 5. The quantitative estimate of drug-likeness (QED) is 0.426. The maximum absolute atomic E-state index is 12.9. The van der Waals surface area contributed by atoms with Crippen molar-refractivity contribution < 1.29 is 14.3 Å². The number of carbonyl (C=O) groups excluding carboxylic acids is 1. The summed E-state index contributed by atoms with van der Waals surface area (Å²) in [5.74, 6) is 2.00. The predicted molar refractivity (Wildman–Crippen MR) is 125 cm³/mol. The third-order valence-corrected chi connectivity index (χ3v) is 5.74. The summed E-state index contributed by atoms with van der Waals surface area (Å²) in [7, 11) is 0. The van der Waals surface area contributed by atoms with Crippen LogP contribution in [0.4, 0.5) is 0 Å². The van der Waals surface area contributed by atoms with Gasteiger partial charge in [-0.15, -0.1) is 0 Å². The molecule has 3 nitrogen and oxygen atoms in total. The highest BCUT2D eigenvalue weighted by molar-refractivity contribution is 6.15. The first-order valence-corrected chi connectivity index (χ1v) is 10.7. The summed E-state index contributed by atoms with van der Waals surface area (Å²) in [5, 5.41) is 0. The van der Waals surface area contributed by atoms with Crippen LogP contribution in [0.5, 0.6) is 11.5 Å². The molecule has 158 valence electrons. The molecule has 0 aliphatic carbocycles. The van der Waals surface area contributed by atoms with Crippen molar-refractivity contribution in [1.29, 1.82) is 0 Å². The molecule has 1 heterocycles. The van der Waals surface area contributed by atoms with Gasteiger partial charge in [-0.3, -0.25) is 4.79 Å². The second kappa shape index (κ2) is 8.43. The lowest BCUT2D eigenvalue weighted by Gasteiger charge is -2.11. The fourth-order valence-corrected chi connectivity index (χ4v) is 3.81. The minimum absolute atomic E-state index is 0.0819. The number of allylic oxidation sites excluding steroid dienone is 1. The van der Waals surface area contributed by atoms with Crippen molar-refractivity contribution in [2.24, 2.45) is 0 Å². The molecule has 0 radical (unpaired) electrons. The number of carbonyl (C=O) groups is 1. The van der Waals surface area contributed by atoms with Crippen molar-refractivity contribution >= 4 is 11.9 Å². The molecule has 4 rings (SSSR count). The number of ketones is 1. The summed E-state index contributed by atoms with van der Waals surface area (Å²) in [6.07, 6.45) is 1.81.